The van der Waals surface area contributed by atoms with Crippen molar-refractivity contribution in [1.82, 2.24) is 0 Å². The van der Waals surface area contributed by atoms with E-state index < -0.39 is 15.0 Å². The van der Waals surface area contributed by atoms with E-state index in [1.54, 1.807) is 6.21 Å². The molecule has 1 unspecified atom stereocenters. The molecule has 0 spiro atoms. The van der Waals surface area contributed by atoms with E-state index in [0.717, 1.165) is 0 Å². The molecule has 0 saturated heterocycles. The van der Waals surface area contributed by atoms with Gasteiger partial charge < -0.3 is 0 Å². The molecule has 11 heavy (non-hydrogen) atoms. The molecule has 0 aliphatic rings. The molecule has 66 valence electrons. The zero-order valence-electron chi connectivity index (χ0n) is 6.35. The maximum absolute atomic E-state index is 5.76. The van der Waals surface area contributed by atoms with Crippen LogP contribution in [0.3, 0.4) is 0 Å². The Balaban J connectivity index is 3.77. The first-order chi connectivity index (χ1) is 4.98. The summed E-state index contributed by atoms with van der Waals surface area (Å²) in [6.07, 6.45) is 1.56. The average molecular weight is 325 g/mol. The molecule has 0 heterocycles. The SMILES string of the molecule is CCON=C[CH](C)[Sn]([Cl])([Cl])[Cl]. The second-order valence-corrected chi connectivity index (χ2v) is 23.6. The standard InChI is InChI=1S/C5H10NO.3ClH.Sn/c1-3-5-6-7-4-2;;;;/h3,5H,4H2,1-2H3;3*1H;/q;;;;+3/p-3. The summed E-state index contributed by atoms with van der Waals surface area (Å²) in [5, 5.41) is 3.63. The van der Waals surface area contributed by atoms with Crippen molar-refractivity contribution in [2.24, 2.45) is 5.16 Å². The Labute approximate surface area is 81.8 Å². The number of halogens is 3. The van der Waals surface area contributed by atoms with Crippen LogP contribution >= 0.6 is 26.8 Å². The minimum absolute atomic E-state index is 0.0409. The van der Waals surface area contributed by atoms with Crippen LogP contribution in [0.1, 0.15) is 13.8 Å². The van der Waals surface area contributed by atoms with E-state index in [1.807, 2.05) is 13.8 Å². The molecule has 0 aromatic rings. The van der Waals surface area contributed by atoms with Crippen LogP contribution < -0.4 is 0 Å². The second kappa shape index (κ2) is 5.73. The first kappa shape index (κ1) is 12.1. The van der Waals surface area contributed by atoms with Gasteiger partial charge in [-0.3, -0.25) is 0 Å². The Hall–Kier alpha value is 1.14. The number of hydrogen-bond donors (Lipinski definition) is 0. The van der Waals surface area contributed by atoms with Crippen LogP contribution in [-0.2, 0) is 4.84 Å². The summed E-state index contributed by atoms with van der Waals surface area (Å²) in [7, 11) is 17.3. The van der Waals surface area contributed by atoms with Crippen LogP contribution in [0.5, 0.6) is 0 Å². The second-order valence-electron chi connectivity index (χ2n) is 2.00. The normalized spacial score (nSPS) is 15.4. The van der Waals surface area contributed by atoms with Gasteiger partial charge in [0.25, 0.3) is 0 Å². The van der Waals surface area contributed by atoms with E-state index in [4.69, 9.17) is 31.6 Å². The van der Waals surface area contributed by atoms with Gasteiger partial charge in [-0.15, -0.1) is 0 Å². The molecule has 0 aliphatic carbocycles. The van der Waals surface area contributed by atoms with Gasteiger partial charge >= 0.3 is 82.4 Å². The number of nitrogens with zero attached hydrogens (tertiary/aromatic N) is 1. The third kappa shape index (κ3) is 6.31. The van der Waals surface area contributed by atoms with Crippen LogP contribution in [0.2, 0.25) is 3.93 Å². The summed E-state index contributed by atoms with van der Waals surface area (Å²) in [5.41, 5.74) is 0. The van der Waals surface area contributed by atoms with Crippen molar-refractivity contribution in [3.05, 3.63) is 0 Å². The molecule has 0 N–H and O–H groups in total. The van der Waals surface area contributed by atoms with Gasteiger partial charge in [0.05, 0.1) is 0 Å². The van der Waals surface area contributed by atoms with Crippen molar-refractivity contribution in [3.63, 3.8) is 0 Å². The van der Waals surface area contributed by atoms with Gasteiger partial charge in [0, 0.05) is 0 Å². The quantitative estimate of drug-likeness (QED) is 0.442. The zero-order valence-corrected chi connectivity index (χ0v) is 11.5. The van der Waals surface area contributed by atoms with E-state index >= 15 is 0 Å². The first-order valence-corrected chi connectivity index (χ1v) is 15.7. The van der Waals surface area contributed by atoms with Gasteiger partial charge in [0.2, 0.25) is 0 Å². The Morgan fingerprint density at radius 1 is 1.55 bits per heavy atom. The van der Waals surface area contributed by atoms with E-state index in [9.17, 15) is 0 Å². The molecular formula is C5H10Cl3NOSn. The van der Waals surface area contributed by atoms with E-state index in [2.05, 4.69) is 5.16 Å². The summed E-state index contributed by atoms with van der Waals surface area (Å²) in [4.78, 5) is 4.73. The van der Waals surface area contributed by atoms with Crippen LogP contribution in [0.4, 0.5) is 0 Å². The number of oxime groups is 1. The number of rotatable bonds is 4. The van der Waals surface area contributed by atoms with E-state index in [0.29, 0.717) is 6.61 Å². The van der Waals surface area contributed by atoms with Crippen LogP contribution in [-0.4, -0.2) is 27.8 Å². The summed E-state index contributed by atoms with van der Waals surface area (Å²) in [5.74, 6) is 0. The van der Waals surface area contributed by atoms with Crippen molar-refractivity contribution in [2.75, 3.05) is 6.61 Å². The molecule has 1 atom stereocenters. The van der Waals surface area contributed by atoms with E-state index in [-0.39, 0.29) is 3.93 Å². The summed E-state index contributed by atoms with van der Waals surface area (Å²) in [6, 6.07) is 0. The monoisotopic (exact) mass is 325 g/mol. The Kier molecular flexibility index (Phi) is 6.32. The first-order valence-electron chi connectivity index (χ1n) is 3.20. The van der Waals surface area contributed by atoms with Crippen molar-refractivity contribution >= 4 is 48.0 Å². The average Bonchev–Trinajstić information content (AvgIpc) is 1.86. The van der Waals surface area contributed by atoms with Gasteiger partial charge in [-0.2, -0.15) is 0 Å². The number of hydrogen-bond acceptors (Lipinski definition) is 2. The predicted octanol–water partition coefficient (Wildman–Crippen LogP) is 3.05. The molecule has 6 heteroatoms. The maximum atomic E-state index is 5.76. The van der Waals surface area contributed by atoms with Crippen LogP contribution in [0, 0.1) is 0 Å². The summed E-state index contributed by atoms with van der Waals surface area (Å²) >= 11 is -3.30. The molecule has 0 bridgehead atoms. The van der Waals surface area contributed by atoms with Crippen molar-refractivity contribution < 1.29 is 4.84 Å². The molecule has 0 aliphatic heterocycles. The minimum atomic E-state index is -3.30. The van der Waals surface area contributed by atoms with Crippen molar-refractivity contribution in [3.8, 4) is 0 Å². The zero-order chi connectivity index (χ0) is 8.91. The fourth-order valence-corrected chi connectivity index (χ4v) is 2.08. The Morgan fingerprint density at radius 2 is 2.09 bits per heavy atom. The van der Waals surface area contributed by atoms with Gasteiger partial charge in [0.1, 0.15) is 0 Å². The summed E-state index contributed by atoms with van der Waals surface area (Å²) < 4.78 is -0.0409. The molecule has 0 amide bonds. The van der Waals surface area contributed by atoms with Crippen molar-refractivity contribution in [2.45, 2.75) is 17.8 Å². The van der Waals surface area contributed by atoms with Gasteiger partial charge in [-0.05, 0) is 0 Å². The van der Waals surface area contributed by atoms with Crippen LogP contribution in [0.25, 0.3) is 0 Å². The van der Waals surface area contributed by atoms with Crippen molar-refractivity contribution in [1.29, 1.82) is 0 Å². The third-order valence-corrected chi connectivity index (χ3v) is 11.3. The molecule has 0 aromatic carbocycles. The Bertz CT molecular complexity index is 136. The van der Waals surface area contributed by atoms with Crippen LogP contribution in [0.15, 0.2) is 5.16 Å². The predicted molar refractivity (Wildman–Crippen MR) is 52.9 cm³/mol. The van der Waals surface area contributed by atoms with Gasteiger partial charge in [0.15, 0.2) is 0 Å². The molecule has 0 radical (unpaired) electrons. The molecule has 0 fully saturated rings. The van der Waals surface area contributed by atoms with Gasteiger partial charge in [-0.25, -0.2) is 0 Å². The topological polar surface area (TPSA) is 21.6 Å². The Morgan fingerprint density at radius 3 is 2.45 bits per heavy atom. The molecule has 0 aromatic heterocycles. The third-order valence-electron chi connectivity index (χ3n) is 1.00. The fraction of sp³-hybridized carbons (Fsp3) is 0.800. The summed E-state index contributed by atoms with van der Waals surface area (Å²) in [6.45, 7) is 4.23. The van der Waals surface area contributed by atoms with Gasteiger partial charge in [-0.1, -0.05) is 0 Å². The molecule has 0 saturated carbocycles. The molecule has 0 rings (SSSR count). The fourth-order valence-electron chi connectivity index (χ4n) is 0.293. The van der Waals surface area contributed by atoms with E-state index in [1.165, 1.54) is 0 Å². The molecular weight excluding hydrogens is 315 g/mol. The molecule has 2 nitrogen and oxygen atoms in total.